The number of fused-ring (bicyclic) bond motifs is 1. The summed E-state index contributed by atoms with van der Waals surface area (Å²) >= 11 is 0. The van der Waals surface area contributed by atoms with Crippen LogP contribution in [0.4, 0.5) is 0 Å². The zero-order chi connectivity index (χ0) is 14.5. The summed E-state index contributed by atoms with van der Waals surface area (Å²) in [5.41, 5.74) is 3.11. The molecule has 2 heteroatoms. The maximum Gasteiger partial charge on any atom is 0.0576 e. The molecule has 1 heterocycles. The molecule has 1 saturated heterocycles. The fourth-order valence-corrected chi connectivity index (χ4v) is 4.12. The highest BCUT2D eigenvalue weighted by Crippen LogP contribution is 2.36. The summed E-state index contributed by atoms with van der Waals surface area (Å²) in [6, 6.07) is 9.59. The normalized spacial score (nSPS) is 29.1. The van der Waals surface area contributed by atoms with E-state index in [-0.39, 0.29) is 0 Å². The lowest BCUT2D eigenvalue weighted by Gasteiger charge is -2.28. The van der Waals surface area contributed by atoms with Crippen molar-refractivity contribution in [1.82, 2.24) is 5.32 Å². The molecular formula is C19H29NO. The van der Waals surface area contributed by atoms with Crippen LogP contribution in [0.5, 0.6) is 0 Å². The number of aryl methyl sites for hydroxylation is 1. The van der Waals surface area contributed by atoms with Crippen molar-refractivity contribution in [2.24, 2.45) is 5.92 Å². The highest BCUT2D eigenvalue weighted by atomic mass is 16.5. The summed E-state index contributed by atoms with van der Waals surface area (Å²) in [5, 5.41) is 3.77. The first-order valence-corrected chi connectivity index (χ1v) is 8.81. The number of hydrogen-bond donors (Lipinski definition) is 1. The molecule has 3 rings (SSSR count). The summed E-state index contributed by atoms with van der Waals surface area (Å²) in [6.45, 7) is 4.26. The third-order valence-corrected chi connectivity index (χ3v) is 5.19. The van der Waals surface area contributed by atoms with Gasteiger partial charge in [0, 0.05) is 12.6 Å². The molecule has 1 aromatic rings. The molecule has 1 aromatic carbocycles. The minimum atomic E-state index is 0.533. The van der Waals surface area contributed by atoms with Gasteiger partial charge in [-0.05, 0) is 68.5 Å². The fourth-order valence-electron chi connectivity index (χ4n) is 4.12. The first-order valence-electron chi connectivity index (χ1n) is 8.81. The van der Waals surface area contributed by atoms with Gasteiger partial charge in [-0.15, -0.1) is 0 Å². The van der Waals surface area contributed by atoms with E-state index in [0.29, 0.717) is 12.1 Å². The van der Waals surface area contributed by atoms with E-state index in [2.05, 4.69) is 36.5 Å². The van der Waals surface area contributed by atoms with E-state index in [1.54, 1.807) is 11.1 Å². The Morgan fingerprint density at radius 1 is 1.14 bits per heavy atom. The standard InChI is InChI=1S/C19H29NO/c1-2-20-19-16(12-13-17-10-6-14-21-17)9-5-8-15-7-3-4-11-18(15)19/h3-4,7,11,16-17,19-20H,2,5-6,8-10,12-14H2,1H3. The Labute approximate surface area is 129 Å². The second-order valence-corrected chi connectivity index (χ2v) is 6.60. The molecule has 1 aliphatic heterocycles. The second kappa shape index (κ2) is 7.42. The third kappa shape index (κ3) is 3.67. The zero-order valence-electron chi connectivity index (χ0n) is 13.3. The van der Waals surface area contributed by atoms with E-state index in [0.717, 1.165) is 19.1 Å². The van der Waals surface area contributed by atoms with Crippen LogP contribution in [0.3, 0.4) is 0 Å². The van der Waals surface area contributed by atoms with E-state index in [9.17, 15) is 0 Å². The average molecular weight is 287 g/mol. The largest absolute Gasteiger partial charge is 0.378 e. The molecule has 0 radical (unpaired) electrons. The van der Waals surface area contributed by atoms with Crippen LogP contribution in [-0.2, 0) is 11.2 Å². The predicted molar refractivity (Wildman–Crippen MR) is 87.5 cm³/mol. The molecule has 0 bridgehead atoms. The van der Waals surface area contributed by atoms with Crippen molar-refractivity contribution < 1.29 is 4.74 Å². The number of hydrogen-bond acceptors (Lipinski definition) is 2. The van der Waals surface area contributed by atoms with E-state index < -0.39 is 0 Å². The van der Waals surface area contributed by atoms with Gasteiger partial charge >= 0.3 is 0 Å². The molecular weight excluding hydrogens is 258 g/mol. The zero-order valence-corrected chi connectivity index (χ0v) is 13.3. The van der Waals surface area contributed by atoms with Gasteiger partial charge in [0.1, 0.15) is 0 Å². The Morgan fingerprint density at radius 2 is 2.05 bits per heavy atom. The van der Waals surface area contributed by atoms with Crippen molar-refractivity contribution in [1.29, 1.82) is 0 Å². The Bertz CT molecular complexity index is 439. The van der Waals surface area contributed by atoms with Crippen LogP contribution in [0, 0.1) is 5.92 Å². The molecule has 2 nitrogen and oxygen atoms in total. The molecule has 1 N–H and O–H groups in total. The Kier molecular flexibility index (Phi) is 5.32. The molecule has 0 saturated carbocycles. The molecule has 1 fully saturated rings. The lowest BCUT2D eigenvalue weighted by Crippen LogP contribution is -2.28. The lowest BCUT2D eigenvalue weighted by molar-refractivity contribution is 0.0952. The monoisotopic (exact) mass is 287 g/mol. The number of ether oxygens (including phenoxy) is 1. The first-order chi connectivity index (χ1) is 10.4. The molecule has 3 unspecified atom stereocenters. The van der Waals surface area contributed by atoms with Crippen LogP contribution in [0.1, 0.15) is 62.6 Å². The van der Waals surface area contributed by atoms with Crippen LogP contribution < -0.4 is 5.32 Å². The number of nitrogens with one attached hydrogen (secondary N) is 1. The van der Waals surface area contributed by atoms with Crippen molar-refractivity contribution in [3.05, 3.63) is 35.4 Å². The smallest absolute Gasteiger partial charge is 0.0576 e. The van der Waals surface area contributed by atoms with Crippen molar-refractivity contribution in [3.63, 3.8) is 0 Å². The van der Waals surface area contributed by atoms with Gasteiger partial charge in [-0.25, -0.2) is 0 Å². The quantitative estimate of drug-likeness (QED) is 0.818. The Morgan fingerprint density at radius 3 is 2.86 bits per heavy atom. The van der Waals surface area contributed by atoms with Gasteiger partial charge in [0.05, 0.1) is 6.10 Å². The predicted octanol–water partition coefficient (Wildman–Crippen LogP) is 4.25. The molecule has 3 atom stereocenters. The highest BCUT2D eigenvalue weighted by molar-refractivity contribution is 5.31. The Hall–Kier alpha value is -0.860. The third-order valence-electron chi connectivity index (χ3n) is 5.19. The summed E-state index contributed by atoms with van der Waals surface area (Å²) in [7, 11) is 0. The molecule has 0 spiro atoms. The summed E-state index contributed by atoms with van der Waals surface area (Å²) in [4.78, 5) is 0. The minimum absolute atomic E-state index is 0.533. The maximum atomic E-state index is 5.82. The first kappa shape index (κ1) is 15.1. The van der Waals surface area contributed by atoms with Gasteiger partial charge in [0.25, 0.3) is 0 Å². The van der Waals surface area contributed by atoms with Gasteiger partial charge in [-0.2, -0.15) is 0 Å². The Balaban J connectivity index is 1.71. The molecule has 116 valence electrons. The van der Waals surface area contributed by atoms with Crippen molar-refractivity contribution in [2.75, 3.05) is 13.2 Å². The van der Waals surface area contributed by atoms with Gasteiger partial charge < -0.3 is 10.1 Å². The molecule has 2 aliphatic rings. The highest BCUT2D eigenvalue weighted by Gasteiger charge is 2.28. The van der Waals surface area contributed by atoms with Crippen LogP contribution >= 0.6 is 0 Å². The van der Waals surface area contributed by atoms with Crippen LogP contribution in [0.25, 0.3) is 0 Å². The van der Waals surface area contributed by atoms with Crippen molar-refractivity contribution >= 4 is 0 Å². The van der Waals surface area contributed by atoms with Gasteiger partial charge in [0.2, 0.25) is 0 Å². The lowest BCUT2D eigenvalue weighted by atomic mass is 9.86. The molecule has 1 aliphatic carbocycles. The number of benzene rings is 1. The van der Waals surface area contributed by atoms with Gasteiger partial charge in [0.15, 0.2) is 0 Å². The van der Waals surface area contributed by atoms with Crippen LogP contribution in [-0.4, -0.2) is 19.3 Å². The van der Waals surface area contributed by atoms with Gasteiger partial charge in [-0.1, -0.05) is 31.2 Å². The summed E-state index contributed by atoms with van der Waals surface area (Å²) in [6.07, 6.45) is 9.53. The average Bonchev–Trinajstić information content (AvgIpc) is 2.96. The van der Waals surface area contributed by atoms with Crippen LogP contribution in [0.15, 0.2) is 24.3 Å². The topological polar surface area (TPSA) is 21.3 Å². The van der Waals surface area contributed by atoms with Crippen LogP contribution in [0.2, 0.25) is 0 Å². The minimum Gasteiger partial charge on any atom is -0.378 e. The maximum absolute atomic E-state index is 5.82. The van der Waals surface area contributed by atoms with E-state index in [4.69, 9.17) is 4.74 Å². The fraction of sp³-hybridized carbons (Fsp3) is 0.684. The number of rotatable bonds is 5. The van der Waals surface area contributed by atoms with Crippen molar-refractivity contribution in [3.8, 4) is 0 Å². The second-order valence-electron chi connectivity index (χ2n) is 6.60. The SMILES string of the molecule is CCNC1c2ccccc2CCCC1CCC1CCCO1. The summed E-state index contributed by atoms with van der Waals surface area (Å²) in [5.74, 6) is 0.762. The molecule has 21 heavy (non-hydrogen) atoms. The molecule has 0 aromatic heterocycles. The van der Waals surface area contributed by atoms with Crippen molar-refractivity contribution in [2.45, 2.75) is 64.0 Å². The van der Waals surface area contributed by atoms with Gasteiger partial charge in [-0.3, -0.25) is 0 Å². The molecule has 0 amide bonds. The van der Waals surface area contributed by atoms with E-state index >= 15 is 0 Å². The summed E-state index contributed by atoms with van der Waals surface area (Å²) < 4.78 is 5.82. The van der Waals surface area contributed by atoms with E-state index in [1.165, 1.54) is 44.9 Å². The van der Waals surface area contributed by atoms with E-state index in [1.807, 2.05) is 0 Å².